The number of aliphatic hydroxyl groups excluding tert-OH is 1. The van der Waals surface area contributed by atoms with Crippen LogP contribution in [-0.2, 0) is 4.79 Å². The number of nitrogens with zero attached hydrogens (tertiary/aromatic N) is 1. The van der Waals surface area contributed by atoms with Crippen LogP contribution < -0.4 is 4.90 Å². The Balaban J connectivity index is 2.07. The topological polar surface area (TPSA) is 40.5 Å². The molecule has 1 aromatic rings. The predicted octanol–water partition coefficient (Wildman–Crippen LogP) is 1.91. The first-order chi connectivity index (χ1) is 7.66. The zero-order valence-corrected chi connectivity index (χ0v) is 9.52. The van der Waals surface area contributed by atoms with Crippen LogP contribution >= 0.6 is 0 Å². The maximum absolute atomic E-state index is 11.1. The number of hydrogen-bond acceptors (Lipinski definition) is 3. The first-order valence-electron chi connectivity index (χ1n) is 5.71. The van der Waals surface area contributed by atoms with E-state index in [2.05, 4.69) is 4.90 Å². The molecule has 1 atom stereocenters. The number of carbonyl (C=O) groups excluding carboxylic acids is 1. The molecule has 3 heteroatoms. The third-order valence-electron chi connectivity index (χ3n) is 3.06. The minimum Gasteiger partial charge on any atom is -0.389 e. The maximum Gasteiger partial charge on any atom is 0.136 e. The van der Waals surface area contributed by atoms with Crippen LogP contribution in [0.5, 0.6) is 0 Å². The number of Topliss-reactive ketones (excluding diaryl/α,β-unsaturated/α-hetero) is 1. The summed E-state index contributed by atoms with van der Waals surface area (Å²) < 4.78 is 0. The smallest absolute Gasteiger partial charge is 0.136 e. The van der Waals surface area contributed by atoms with Gasteiger partial charge in [-0.2, -0.15) is 0 Å². The molecule has 1 aliphatic rings. The van der Waals surface area contributed by atoms with Crippen LogP contribution in [0.15, 0.2) is 24.3 Å². The Morgan fingerprint density at radius 1 is 1.19 bits per heavy atom. The van der Waals surface area contributed by atoms with E-state index in [1.807, 2.05) is 24.3 Å². The van der Waals surface area contributed by atoms with Gasteiger partial charge in [0.2, 0.25) is 0 Å². The lowest BCUT2D eigenvalue weighted by molar-refractivity contribution is -0.119. The van der Waals surface area contributed by atoms with Crippen molar-refractivity contribution < 1.29 is 9.90 Å². The van der Waals surface area contributed by atoms with Crippen molar-refractivity contribution in [3.05, 3.63) is 29.8 Å². The molecular formula is C13H17NO2. The van der Waals surface area contributed by atoms with E-state index in [4.69, 9.17) is 0 Å². The summed E-state index contributed by atoms with van der Waals surface area (Å²) in [4.78, 5) is 13.3. The molecule has 1 fully saturated rings. The number of ketones is 1. The van der Waals surface area contributed by atoms with Gasteiger partial charge in [0.15, 0.2) is 0 Å². The van der Waals surface area contributed by atoms with Gasteiger partial charge in [-0.25, -0.2) is 0 Å². The first-order valence-corrected chi connectivity index (χ1v) is 5.71. The zero-order valence-electron chi connectivity index (χ0n) is 9.52. The molecule has 0 saturated carbocycles. The Kier molecular flexibility index (Phi) is 3.25. The number of hydrogen-bond donors (Lipinski definition) is 1. The van der Waals surface area contributed by atoms with Gasteiger partial charge in [-0.05, 0) is 24.6 Å². The highest BCUT2D eigenvalue weighted by Gasteiger charge is 2.16. The van der Waals surface area contributed by atoms with Crippen molar-refractivity contribution in [1.29, 1.82) is 0 Å². The molecule has 0 amide bonds. The van der Waals surface area contributed by atoms with Crippen LogP contribution in [0.4, 0.5) is 5.69 Å². The normalized spacial score (nSPS) is 18.6. The van der Waals surface area contributed by atoms with Crippen molar-refractivity contribution in [2.75, 3.05) is 18.0 Å². The molecule has 0 bridgehead atoms. The fraction of sp³-hybridized carbons (Fsp3) is 0.462. The third-order valence-corrected chi connectivity index (χ3v) is 3.06. The van der Waals surface area contributed by atoms with E-state index < -0.39 is 6.10 Å². The molecule has 16 heavy (non-hydrogen) atoms. The molecule has 0 aromatic heterocycles. The van der Waals surface area contributed by atoms with Crippen molar-refractivity contribution >= 4 is 11.5 Å². The lowest BCUT2D eigenvalue weighted by Gasteiger charge is -2.28. The Morgan fingerprint density at radius 2 is 1.75 bits per heavy atom. The molecule has 1 N–H and O–H groups in total. The fourth-order valence-electron chi connectivity index (χ4n) is 1.98. The van der Waals surface area contributed by atoms with Gasteiger partial charge in [-0.1, -0.05) is 12.1 Å². The van der Waals surface area contributed by atoms with E-state index in [-0.39, 0.29) is 0 Å². The fourth-order valence-corrected chi connectivity index (χ4v) is 1.98. The molecule has 1 aliphatic heterocycles. The summed E-state index contributed by atoms with van der Waals surface area (Å²) in [6, 6.07) is 7.91. The van der Waals surface area contributed by atoms with Crippen molar-refractivity contribution in [2.24, 2.45) is 0 Å². The van der Waals surface area contributed by atoms with E-state index in [9.17, 15) is 9.90 Å². The molecule has 2 rings (SSSR count). The van der Waals surface area contributed by atoms with Gasteiger partial charge in [0.1, 0.15) is 5.78 Å². The Hall–Kier alpha value is -1.35. The summed E-state index contributed by atoms with van der Waals surface area (Å²) >= 11 is 0. The number of anilines is 1. The van der Waals surface area contributed by atoms with Crippen LogP contribution in [0.25, 0.3) is 0 Å². The number of carbonyl (C=O) groups is 1. The van der Waals surface area contributed by atoms with Gasteiger partial charge in [-0.15, -0.1) is 0 Å². The molecule has 1 heterocycles. The van der Waals surface area contributed by atoms with Gasteiger partial charge in [0.25, 0.3) is 0 Å². The van der Waals surface area contributed by atoms with Gasteiger partial charge >= 0.3 is 0 Å². The van der Waals surface area contributed by atoms with E-state index in [0.29, 0.717) is 18.6 Å². The Morgan fingerprint density at radius 3 is 2.25 bits per heavy atom. The van der Waals surface area contributed by atoms with Crippen LogP contribution in [0.1, 0.15) is 31.4 Å². The van der Waals surface area contributed by atoms with Crippen LogP contribution in [0.2, 0.25) is 0 Å². The second-order valence-electron chi connectivity index (χ2n) is 4.29. The number of piperidine rings is 1. The van der Waals surface area contributed by atoms with Crippen molar-refractivity contribution in [3.8, 4) is 0 Å². The van der Waals surface area contributed by atoms with Gasteiger partial charge in [-0.3, -0.25) is 4.79 Å². The highest BCUT2D eigenvalue weighted by atomic mass is 16.3. The zero-order chi connectivity index (χ0) is 11.5. The predicted molar refractivity (Wildman–Crippen MR) is 63.5 cm³/mol. The number of rotatable bonds is 2. The summed E-state index contributed by atoms with van der Waals surface area (Å²) in [7, 11) is 0. The van der Waals surface area contributed by atoms with Crippen LogP contribution in [-0.4, -0.2) is 24.0 Å². The van der Waals surface area contributed by atoms with E-state index in [1.54, 1.807) is 6.92 Å². The molecule has 1 unspecified atom stereocenters. The second kappa shape index (κ2) is 4.66. The SMILES string of the molecule is CC(O)c1ccc(N2CCC(=O)CC2)cc1. The number of aliphatic hydroxyl groups is 1. The molecule has 3 nitrogen and oxygen atoms in total. The molecule has 0 aliphatic carbocycles. The quantitative estimate of drug-likeness (QED) is 0.826. The summed E-state index contributed by atoms with van der Waals surface area (Å²) in [5, 5.41) is 9.40. The monoisotopic (exact) mass is 219 g/mol. The molecule has 0 spiro atoms. The van der Waals surface area contributed by atoms with Crippen molar-refractivity contribution in [3.63, 3.8) is 0 Å². The molecule has 86 valence electrons. The van der Waals surface area contributed by atoms with Crippen LogP contribution in [0, 0.1) is 0 Å². The van der Waals surface area contributed by atoms with Gasteiger partial charge < -0.3 is 10.0 Å². The number of benzene rings is 1. The molecular weight excluding hydrogens is 202 g/mol. The minimum atomic E-state index is -0.419. The highest BCUT2D eigenvalue weighted by molar-refractivity contribution is 5.81. The molecule has 1 saturated heterocycles. The van der Waals surface area contributed by atoms with Gasteiger partial charge in [0, 0.05) is 31.6 Å². The van der Waals surface area contributed by atoms with Crippen molar-refractivity contribution in [2.45, 2.75) is 25.9 Å². The molecule has 0 radical (unpaired) electrons. The lowest BCUT2D eigenvalue weighted by atomic mass is 10.1. The standard InChI is InChI=1S/C13H17NO2/c1-10(15)11-2-4-12(5-3-11)14-8-6-13(16)7-9-14/h2-5,10,15H,6-9H2,1H3. The third kappa shape index (κ3) is 2.42. The van der Waals surface area contributed by atoms with E-state index >= 15 is 0 Å². The minimum absolute atomic E-state index is 0.358. The molecule has 1 aromatic carbocycles. The summed E-state index contributed by atoms with van der Waals surface area (Å²) in [5.74, 6) is 0.358. The van der Waals surface area contributed by atoms with Crippen molar-refractivity contribution in [1.82, 2.24) is 0 Å². The highest BCUT2D eigenvalue weighted by Crippen LogP contribution is 2.21. The van der Waals surface area contributed by atoms with Gasteiger partial charge in [0.05, 0.1) is 6.10 Å². The summed E-state index contributed by atoms with van der Waals surface area (Å²) in [5.41, 5.74) is 2.06. The first kappa shape index (κ1) is 11.1. The lowest BCUT2D eigenvalue weighted by Crippen LogP contribution is -2.33. The largest absolute Gasteiger partial charge is 0.389 e. The Bertz CT molecular complexity index is 360. The van der Waals surface area contributed by atoms with E-state index in [0.717, 1.165) is 24.3 Å². The van der Waals surface area contributed by atoms with Crippen LogP contribution in [0.3, 0.4) is 0 Å². The maximum atomic E-state index is 11.1. The average molecular weight is 219 g/mol. The summed E-state index contributed by atoms with van der Waals surface area (Å²) in [6.45, 7) is 3.38. The second-order valence-corrected chi connectivity index (χ2v) is 4.29. The average Bonchev–Trinajstić information content (AvgIpc) is 2.30. The van der Waals surface area contributed by atoms with E-state index in [1.165, 1.54) is 0 Å². The summed E-state index contributed by atoms with van der Waals surface area (Å²) in [6.07, 6.45) is 0.882. The Labute approximate surface area is 95.7 Å².